The molecule has 0 aliphatic heterocycles. The molecule has 0 atom stereocenters. The minimum absolute atomic E-state index is 0.0822. The van der Waals surface area contributed by atoms with E-state index in [1.54, 1.807) is 0 Å². The van der Waals surface area contributed by atoms with Gasteiger partial charge in [0.25, 0.3) is 0 Å². The van der Waals surface area contributed by atoms with Crippen LogP contribution in [0.1, 0.15) is 51.1 Å². The van der Waals surface area contributed by atoms with E-state index in [4.69, 9.17) is 0 Å². The number of rotatable bonds is 4. The second kappa shape index (κ2) is 6.41. The fraction of sp³-hybridized carbons (Fsp3) is 0.714. The molecule has 1 saturated carbocycles. The maximum Gasteiger partial charge on any atom is 0.433 e. The highest BCUT2D eigenvalue weighted by Crippen LogP contribution is 2.30. The van der Waals surface area contributed by atoms with Gasteiger partial charge >= 0.3 is 6.18 Å². The molecule has 0 aromatic carbocycles. The topological polar surface area (TPSA) is 37.8 Å². The zero-order chi connectivity index (χ0) is 14.6. The van der Waals surface area contributed by atoms with Gasteiger partial charge in [-0.25, -0.2) is 9.97 Å². The smallest absolute Gasteiger partial charge is 0.351 e. The van der Waals surface area contributed by atoms with E-state index in [2.05, 4.69) is 22.2 Å². The molecule has 0 radical (unpaired) electrons. The van der Waals surface area contributed by atoms with Gasteiger partial charge in [-0.3, -0.25) is 0 Å². The SMILES string of the molecule is CCCC1CCC(Nc2nccc(C(F)(F)F)n2)CC1. The predicted octanol–water partition coefficient (Wildman–Crippen LogP) is 4.27. The van der Waals surface area contributed by atoms with Crippen molar-refractivity contribution in [3.63, 3.8) is 0 Å². The van der Waals surface area contributed by atoms with Crippen molar-refractivity contribution in [3.8, 4) is 0 Å². The van der Waals surface area contributed by atoms with E-state index in [-0.39, 0.29) is 12.0 Å². The highest BCUT2D eigenvalue weighted by molar-refractivity contribution is 5.27. The molecule has 0 amide bonds. The first-order chi connectivity index (χ1) is 9.49. The van der Waals surface area contributed by atoms with Gasteiger partial charge in [0.05, 0.1) is 0 Å². The molecule has 0 unspecified atom stereocenters. The summed E-state index contributed by atoms with van der Waals surface area (Å²) in [5.74, 6) is 0.847. The molecular formula is C14H20F3N3. The number of alkyl halides is 3. The Balaban J connectivity index is 1.91. The maximum absolute atomic E-state index is 12.6. The predicted molar refractivity (Wildman–Crippen MR) is 71.3 cm³/mol. The van der Waals surface area contributed by atoms with Gasteiger partial charge < -0.3 is 5.32 Å². The maximum atomic E-state index is 12.6. The van der Waals surface area contributed by atoms with Gasteiger partial charge in [-0.15, -0.1) is 0 Å². The van der Waals surface area contributed by atoms with Crippen LogP contribution in [0.5, 0.6) is 0 Å². The van der Waals surface area contributed by atoms with Crippen molar-refractivity contribution in [1.82, 2.24) is 9.97 Å². The molecule has 3 nitrogen and oxygen atoms in total. The Labute approximate surface area is 117 Å². The van der Waals surface area contributed by atoms with E-state index >= 15 is 0 Å². The van der Waals surface area contributed by atoms with E-state index in [9.17, 15) is 13.2 Å². The Morgan fingerprint density at radius 2 is 1.95 bits per heavy atom. The molecule has 1 aromatic rings. The molecule has 1 aliphatic carbocycles. The molecule has 1 aliphatic rings. The number of nitrogens with zero attached hydrogens (tertiary/aromatic N) is 2. The van der Waals surface area contributed by atoms with Gasteiger partial charge in [-0.2, -0.15) is 13.2 Å². The monoisotopic (exact) mass is 287 g/mol. The second-order valence-electron chi connectivity index (χ2n) is 5.41. The summed E-state index contributed by atoms with van der Waals surface area (Å²) in [7, 11) is 0. The lowest BCUT2D eigenvalue weighted by Gasteiger charge is -2.29. The molecule has 1 aromatic heterocycles. The van der Waals surface area contributed by atoms with Crippen LogP contribution in [0.4, 0.5) is 19.1 Å². The molecule has 112 valence electrons. The highest BCUT2D eigenvalue weighted by atomic mass is 19.4. The van der Waals surface area contributed by atoms with Crippen LogP contribution < -0.4 is 5.32 Å². The number of halogens is 3. The Morgan fingerprint density at radius 3 is 2.55 bits per heavy atom. The molecule has 1 heterocycles. The lowest BCUT2D eigenvalue weighted by molar-refractivity contribution is -0.141. The summed E-state index contributed by atoms with van der Waals surface area (Å²) in [5.41, 5.74) is -0.894. The summed E-state index contributed by atoms with van der Waals surface area (Å²) < 4.78 is 37.7. The third-order valence-electron chi connectivity index (χ3n) is 3.82. The standard InChI is InChI=1S/C14H20F3N3/c1-2-3-10-4-6-11(7-5-10)19-13-18-9-8-12(20-13)14(15,16)17/h8-11H,2-7H2,1H3,(H,18,19,20). The third-order valence-corrected chi connectivity index (χ3v) is 3.82. The molecule has 0 spiro atoms. The van der Waals surface area contributed by atoms with Crippen molar-refractivity contribution < 1.29 is 13.2 Å². The number of hydrogen-bond donors (Lipinski definition) is 1. The van der Waals surface area contributed by atoms with E-state index in [1.807, 2.05) is 0 Å². The summed E-state index contributed by atoms with van der Waals surface area (Å²) in [5, 5.41) is 3.03. The van der Waals surface area contributed by atoms with Crippen molar-refractivity contribution in [2.75, 3.05) is 5.32 Å². The van der Waals surface area contributed by atoms with E-state index in [0.29, 0.717) is 0 Å². The van der Waals surface area contributed by atoms with Crippen LogP contribution in [0.2, 0.25) is 0 Å². The molecular weight excluding hydrogens is 267 g/mol. The first-order valence-corrected chi connectivity index (χ1v) is 7.15. The summed E-state index contributed by atoms with van der Waals surface area (Å²) in [6, 6.07) is 1.08. The first-order valence-electron chi connectivity index (χ1n) is 7.15. The number of hydrogen-bond acceptors (Lipinski definition) is 3. The van der Waals surface area contributed by atoms with Crippen LogP contribution in [0.15, 0.2) is 12.3 Å². The van der Waals surface area contributed by atoms with E-state index in [0.717, 1.165) is 43.9 Å². The van der Waals surface area contributed by atoms with Crippen molar-refractivity contribution in [3.05, 3.63) is 18.0 Å². The van der Waals surface area contributed by atoms with Crippen LogP contribution in [-0.2, 0) is 6.18 Å². The summed E-state index contributed by atoms with van der Waals surface area (Å²) >= 11 is 0. The van der Waals surface area contributed by atoms with Crippen LogP contribution in [0.25, 0.3) is 0 Å². The largest absolute Gasteiger partial charge is 0.433 e. The van der Waals surface area contributed by atoms with Crippen LogP contribution in [0.3, 0.4) is 0 Å². The third kappa shape index (κ3) is 4.08. The summed E-state index contributed by atoms with van der Waals surface area (Å²) in [6.45, 7) is 2.18. The molecule has 0 saturated heterocycles. The molecule has 1 N–H and O–H groups in total. The Bertz CT molecular complexity index is 426. The second-order valence-corrected chi connectivity index (χ2v) is 5.41. The van der Waals surface area contributed by atoms with Crippen LogP contribution in [-0.4, -0.2) is 16.0 Å². The van der Waals surface area contributed by atoms with E-state index < -0.39 is 11.9 Å². The minimum atomic E-state index is -4.42. The fourth-order valence-corrected chi connectivity index (χ4v) is 2.77. The lowest BCUT2D eigenvalue weighted by atomic mass is 9.83. The Hall–Kier alpha value is -1.33. The van der Waals surface area contributed by atoms with E-state index in [1.165, 1.54) is 12.8 Å². The number of aromatic nitrogens is 2. The van der Waals surface area contributed by atoms with Crippen molar-refractivity contribution in [2.45, 2.75) is 57.7 Å². The number of anilines is 1. The van der Waals surface area contributed by atoms with Gasteiger partial charge in [0, 0.05) is 12.2 Å². The zero-order valence-corrected chi connectivity index (χ0v) is 11.6. The van der Waals surface area contributed by atoms with Crippen LogP contribution >= 0.6 is 0 Å². The zero-order valence-electron chi connectivity index (χ0n) is 11.6. The van der Waals surface area contributed by atoms with Crippen molar-refractivity contribution in [2.24, 2.45) is 5.92 Å². The minimum Gasteiger partial charge on any atom is -0.351 e. The number of nitrogens with one attached hydrogen (secondary N) is 1. The fourth-order valence-electron chi connectivity index (χ4n) is 2.77. The summed E-state index contributed by atoms with van der Waals surface area (Å²) in [6.07, 6.45) is 3.38. The van der Waals surface area contributed by atoms with Gasteiger partial charge in [0.2, 0.25) is 5.95 Å². The van der Waals surface area contributed by atoms with Gasteiger partial charge in [-0.05, 0) is 37.7 Å². The lowest BCUT2D eigenvalue weighted by Crippen LogP contribution is -2.27. The van der Waals surface area contributed by atoms with Gasteiger partial charge in [0.15, 0.2) is 0 Å². The summed E-state index contributed by atoms with van der Waals surface area (Å²) in [4.78, 5) is 7.43. The average Bonchev–Trinajstić information content (AvgIpc) is 2.41. The molecule has 6 heteroatoms. The molecule has 20 heavy (non-hydrogen) atoms. The van der Waals surface area contributed by atoms with Crippen LogP contribution in [0, 0.1) is 5.92 Å². The van der Waals surface area contributed by atoms with Crippen molar-refractivity contribution in [1.29, 1.82) is 0 Å². The average molecular weight is 287 g/mol. The van der Waals surface area contributed by atoms with Crippen molar-refractivity contribution >= 4 is 5.95 Å². The first kappa shape index (κ1) is 15.1. The normalized spacial score (nSPS) is 23.6. The van der Waals surface area contributed by atoms with Gasteiger partial charge in [-0.1, -0.05) is 19.8 Å². The molecule has 2 rings (SSSR count). The van der Waals surface area contributed by atoms with Gasteiger partial charge in [0.1, 0.15) is 5.69 Å². The quantitative estimate of drug-likeness (QED) is 0.898. The highest BCUT2D eigenvalue weighted by Gasteiger charge is 2.33. The Morgan fingerprint density at radius 1 is 1.25 bits per heavy atom. The Kier molecular flexibility index (Phi) is 4.83. The molecule has 0 bridgehead atoms. The molecule has 1 fully saturated rings.